The number of likely N-dealkylation sites (N-methyl/N-ethyl adjacent to an activating group) is 2. The molecular weight excluding hydrogens is 666 g/mol. The monoisotopic (exact) mass is 703 g/mol. The normalized spacial score (nSPS) is 13.8. The molecule has 0 spiro atoms. The number of ether oxygens (including phenoxy) is 4. The second-order valence-corrected chi connectivity index (χ2v) is 12.4. The predicted molar refractivity (Wildman–Crippen MR) is 183 cm³/mol. The fourth-order valence-corrected chi connectivity index (χ4v) is 5.90. The maximum atomic E-state index is 14.2. The highest BCUT2D eigenvalue weighted by Crippen LogP contribution is 2.41. The lowest BCUT2D eigenvalue weighted by molar-refractivity contribution is -0.197. The molecule has 1 aromatic heterocycles. The summed E-state index contributed by atoms with van der Waals surface area (Å²) in [6, 6.07) is 10.9. The number of amides is 4. The summed E-state index contributed by atoms with van der Waals surface area (Å²) >= 11 is 0. The van der Waals surface area contributed by atoms with E-state index in [0.717, 1.165) is 21.7 Å². The molecule has 268 valence electrons. The minimum Gasteiger partial charge on any atom is -0.493 e. The second-order valence-electron chi connectivity index (χ2n) is 12.4. The van der Waals surface area contributed by atoms with Gasteiger partial charge in [-0.05, 0) is 43.7 Å². The SMILES string of the molecule is COc1cc2c(cc1OC(=O)N(C)CCNC(=O)CCC(=O)ON1C(=O)CCC1=O)c(=O)n(CCN(C)C)c1c3cc4c(cc3ccc21)OCO4. The summed E-state index contributed by atoms with van der Waals surface area (Å²) in [6.07, 6.45) is -1.43. The number of hydrogen-bond donors (Lipinski definition) is 1. The molecule has 1 N–H and O–H groups in total. The van der Waals surface area contributed by atoms with E-state index in [1.54, 1.807) is 10.6 Å². The third-order valence-electron chi connectivity index (χ3n) is 8.63. The molecule has 4 amide bonds. The molecule has 0 bridgehead atoms. The molecule has 2 aliphatic heterocycles. The molecule has 16 nitrogen and oxygen atoms in total. The topological polar surface area (TPSA) is 175 Å². The number of nitrogens with zero attached hydrogens (tertiary/aromatic N) is 4. The Morgan fingerprint density at radius 1 is 0.843 bits per heavy atom. The van der Waals surface area contributed by atoms with E-state index in [2.05, 4.69) is 5.32 Å². The number of rotatable bonds is 12. The Hall–Kier alpha value is -5.90. The van der Waals surface area contributed by atoms with E-state index in [1.807, 2.05) is 43.3 Å². The maximum Gasteiger partial charge on any atom is 0.415 e. The predicted octanol–water partition coefficient (Wildman–Crippen LogP) is 2.54. The number of methoxy groups -OCH3 is 1. The highest BCUT2D eigenvalue weighted by molar-refractivity contribution is 6.16. The molecule has 6 rings (SSSR count). The van der Waals surface area contributed by atoms with Crippen molar-refractivity contribution in [3.63, 3.8) is 0 Å². The molecule has 0 radical (unpaired) electrons. The molecule has 0 atom stereocenters. The molecule has 0 saturated carbocycles. The first kappa shape index (κ1) is 34.9. The average Bonchev–Trinajstić information content (AvgIpc) is 3.70. The van der Waals surface area contributed by atoms with E-state index in [9.17, 15) is 28.8 Å². The van der Waals surface area contributed by atoms with Crippen molar-refractivity contribution in [3.8, 4) is 23.0 Å². The molecule has 51 heavy (non-hydrogen) atoms. The zero-order valence-corrected chi connectivity index (χ0v) is 28.6. The molecule has 4 aromatic rings. The van der Waals surface area contributed by atoms with E-state index in [4.69, 9.17) is 23.8 Å². The summed E-state index contributed by atoms with van der Waals surface area (Å²) in [6.45, 7) is 1.19. The number of imide groups is 1. The molecule has 0 aliphatic carbocycles. The van der Waals surface area contributed by atoms with Crippen LogP contribution in [0.1, 0.15) is 25.7 Å². The Labute approximate surface area is 291 Å². The van der Waals surface area contributed by atoms with Gasteiger partial charge in [-0.1, -0.05) is 12.1 Å². The van der Waals surface area contributed by atoms with Crippen molar-refractivity contribution >= 4 is 62.2 Å². The van der Waals surface area contributed by atoms with Crippen LogP contribution in [0.4, 0.5) is 4.79 Å². The van der Waals surface area contributed by atoms with Crippen LogP contribution in [0.5, 0.6) is 23.0 Å². The number of hydroxylamine groups is 2. The number of hydrogen-bond acceptors (Lipinski definition) is 12. The van der Waals surface area contributed by atoms with Gasteiger partial charge in [0.2, 0.25) is 12.7 Å². The van der Waals surface area contributed by atoms with Crippen molar-refractivity contribution in [2.75, 3.05) is 54.7 Å². The summed E-state index contributed by atoms with van der Waals surface area (Å²) in [7, 11) is 6.76. The minimum atomic E-state index is -0.891. The minimum absolute atomic E-state index is 0.0315. The van der Waals surface area contributed by atoms with Gasteiger partial charge in [0.05, 0.1) is 24.4 Å². The van der Waals surface area contributed by atoms with Crippen LogP contribution in [0.25, 0.3) is 32.4 Å². The van der Waals surface area contributed by atoms with Crippen LogP contribution in [0.2, 0.25) is 0 Å². The van der Waals surface area contributed by atoms with Crippen LogP contribution in [0.3, 0.4) is 0 Å². The molecule has 3 aromatic carbocycles. The number of carbonyl (C=O) groups is 5. The van der Waals surface area contributed by atoms with Crippen molar-refractivity contribution in [1.82, 2.24) is 24.7 Å². The number of aromatic nitrogens is 1. The Morgan fingerprint density at radius 2 is 1.55 bits per heavy atom. The quantitative estimate of drug-likeness (QED) is 0.169. The first-order valence-electron chi connectivity index (χ1n) is 16.3. The van der Waals surface area contributed by atoms with Crippen LogP contribution in [-0.4, -0.2) is 104 Å². The van der Waals surface area contributed by atoms with E-state index >= 15 is 0 Å². The molecule has 2 aliphatic rings. The van der Waals surface area contributed by atoms with Gasteiger partial charge in [-0.15, -0.1) is 5.06 Å². The van der Waals surface area contributed by atoms with Crippen molar-refractivity contribution in [2.24, 2.45) is 0 Å². The second kappa shape index (κ2) is 14.5. The molecule has 0 unspecified atom stereocenters. The van der Waals surface area contributed by atoms with Gasteiger partial charge in [-0.3, -0.25) is 19.2 Å². The summed E-state index contributed by atoms with van der Waals surface area (Å²) in [5.74, 6) is -1.10. The summed E-state index contributed by atoms with van der Waals surface area (Å²) in [5, 5.41) is 6.47. The highest BCUT2D eigenvalue weighted by Gasteiger charge is 2.33. The van der Waals surface area contributed by atoms with Gasteiger partial charge in [0.25, 0.3) is 17.4 Å². The Morgan fingerprint density at radius 3 is 2.25 bits per heavy atom. The standard InChI is InChI=1S/C35H37N5O11/c1-37(2)13-14-39-33-21(6-5-20-15-26-27(16-22(20)33)49-19-48-26)23-17-25(47-4)28(18-24(23)34(39)45)50-35(46)38(3)12-11-36-29(41)7-10-32(44)51-40-30(42)8-9-31(40)43/h5-6,15-18H,7-14,19H2,1-4H3,(H,36,41). The number of nitrogens with one attached hydrogen (secondary N) is 1. The van der Waals surface area contributed by atoms with E-state index in [0.29, 0.717) is 40.4 Å². The number of benzene rings is 3. The zero-order chi connectivity index (χ0) is 36.4. The third kappa shape index (κ3) is 7.21. The van der Waals surface area contributed by atoms with Crippen LogP contribution in [0.15, 0.2) is 41.2 Å². The summed E-state index contributed by atoms with van der Waals surface area (Å²) in [4.78, 5) is 82.7. The van der Waals surface area contributed by atoms with Crippen LogP contribution in [0, 0.1) is 0 Å². The van der Waals surface area contributed by atoms with Gasteiger partial charge in [0.1, 0.15) is 0 Å². The first-order chi connectivity index (χ1) is 24.4. The fraction of sp³-hybridized carbons (Fsp3) is 0.371. The maximum absolute atomic E-state index is 14.2. The first-order valence-corrected chi connectivity index (χ1v) is 16.3. The largest absolute Gasteiger partial charge is 0.493 e. The van der Waals surface area contributed by atoms with E-state index in [1.165, 1.54) is 25.1 Å². The lowest BCUT2D eigenvalue weighted by atomic mass is 10.00. The van der Waals surface area contributed by atoms with Crippen molar-refractivity contribution in [2.45, 2.75) is 32.2 Å². The Kier molecular flexibility index (Phi) is 9.95. The van der Waals surface area contributed by atoms with Gasteiger partial charge >= 0.3 is 12.1 Å². The molecule has 16 heteroatoms. The Balaban J connectivity index is 1.18. The third-order valence-corrected chi connectivity index (χ3v) is 8.63. The van der Waals surface area contributed by atoms with Gasteiger partial charge in [0, 0.05) is 68.6 Å². The van der Waals surface area contributed by atoms with Gasteiger partial charge < -0.3 is 43.5 Å². The smallest absolute Gasteiger partial charge is 0.415 e. The molecule has 1 fully saturated rings. The van der Waals surface area contributed by atoms with Gasteiger partial charge in [-0.2, -0.15) is 0 Å². The van der Waals surface area contributed by atoms with Gasteiger partial charge in [-0.25, -0.2) is 9.59 Å². The average molecular weight is 704 g/mol. The molecule has 3 heterocycles. The van der Waals surface area contributed by atoms with Gasteiger partial charge in [0.15, 0.2) is 23.0 Å². The highest BCUT2D eigenvalue weighted by atomic mass is 16.7. The summed E-state index contributed by atoms with van der Waals surface area (Å²) in [5.41, 5.74) is 0.454. The van der Waals surface area contributed by atoms with Crippen LogP contribution >= 0.6 is 0 Å². The van der Waals surface area contributed by atoms with Crippen molar-refractivity contribution in [1.29, 1.82) is 0 Å². The lowest BCUT2D eigenvalue weighted by Crippen LogP contribution is -2.38. The number of pyridine rings is 1. The van der Waals surface area contributed by atoms with Crippen molar-refractivity contribution in [3.05, 3.63) is 46.8 Å². The molecule has 1 saturated heterocycles. The fourth-order valence-electron chi connectivity index (χ4n) is 5.90. The molecular formula is C35H37N5O11. The van der Waals surface area contributed by atoms with Crippen LogP contribution < -0.4 is 29.8 Å². The number of fused-ring (bicyclic) bond motifs is 6. The summed E-state index contributed by atoms with van der Waals surface area (Å²) < 4.78 is 24.3. The van der Waals surface area contributed by atoms with E-state index in [-0.39, 0.29) is 62.6 Å². The van der Waals surface area contributed by atoms with Crippen molar-refractivity contribution < 1.29 is 47.8 Å². The lowest BCUT2D eigenvalue weighted by Gasteiger charge is -2.20. The van der Waals surface area contributed by atoms with E-state index < -0.39 is 29.8 Å². The zero-order valence-electron chi connectivity index (χ0n) is 28.6. The number of carbonyl (C=O) groups excluding carboxylic acids is 5. The Bertz CT molecular complexity index is 2130. The van der Waals surface area contributed by atoms with Crippen LogP contribution in [-0.2, 0) is 30.6 Å².